The van der Waals surface area contributed by atoms with E-state index in [1.807, 2.05) is 0 Å². The molecule has 2 rings (SSSR count). The summed E-state index contributed by atoms with van der Waals surface area (Å²) in [5, 5.41) is 4.06. The predicted molar refractivity (Wildman–Crippen MR) is 86.3 cm³/mol. The van der Waals surface area contributed by atoms with Crippen molar-refractivity contribution in [1.29, 1.82) is 0 Å². The number of aryl methyl sites for hydroxylation is 1. The third-order valence-corrected chi connectivity index (χ3v) is 4.27. The van der Waals surface area contributed by atoms with Gasteiger partial charge in [-0.05, 0) is 31.4 Å². The largest absolute Gasteiger partial charge is 0.339 e. The molecule has 4 nitrogen and oxygen atoms in total. The molecule has 1 atom stereocenters. The summed E-state index contributed by atoms with van der Waals surface area (Å²) in [6.07, 6.45) is 0.975. The highest BCUT2D eigenvalue weighted by Gasteiger charge is 2.18. The first-order valence-corrected chi connectivity index (χ1v) is 8.29. The van der Waals surface area contributed by atoms with Crippen LogP contribution < -0.4 is 5.73 Å². The van der Waals surface area contributed by atoms with Crippen molar-refractivity contribution in [3.05, 3.63) is 41.5 Å². The fourth-order valence-electron chi connectivity index (χ4n) is 2.14. The van der Waals surface area contributed by atoms with Gasteiger partial charge in [0.1, 0.15) is 0 Å². The predicted octanol–water partition coefficient (Wildman–Crippen LogP) is 3.76. The lowest BCUT2D eigenvalue weighted by Crippen LogP contribution is -2.15. The lowest BCUT2D eigenvalue weighted by atomic mass is 9.97. The average molecular weight is 305 g/mol. The maximum Gasteiger partial charge on any atom is 0.231 e. The van der Waals surface area contributed by atoms with Crippen molar-refractivity contribution in [3.8, 4) is 0 Å². The molecule has 0 amide bonds. The van der Waals surface area contributed by atoms with Crippen LogP contribution in [0, 0.1) is 12.8 Å². The Morgan fingerprint density at radius 3 is 2.57 bits per heavy atom. The van der Waals surface area contributed by atoms with Crippen LogP contribution in [0.4, 0.5) is 0 Å². The van der Waals surface area contributed by atoms with E-state index < -0.39 is 0 Å². The summed E-state index contributed by atoms with van der Waals surface area (Å²) in [6, 6.07) is 8.44. The quantitative estimate of drug-likeness (QED) is 0.789. The van der Waals surface area contributed by atoms with Gasteiger partial charge in [-0.2, -0.15) is 4.98 Å². The molecule has 0 saturated heterocycles. The zero-order valence-electron chi connectivity index (χ0n) is 12.9. The molecule has 0 aliphatic heterocycles. The Hall–Kier alpha value is -1.33. The van der Waals surface area contributed by atoms with Crippen molar-refractivity contribution in [2.75, 3.05) is 6.54 Å². The molecule has 0 fully saturated rings. The van der Waals surface area contributed by atoms with Gasteiger partial charge in [0.2, 0.25) is 5.89 Å². The van der Waals surface area contributed by atoms with Crippen molar-refractivity contribution in [1.82, 2.24) is 10.1 Å². The summed E-state index contributed by atoms with van der Waals surface area (Å²) in [5.41, 5.74) is 7.07. The lowest BCUT2D eigenvalue weighted by molar-refractivity contribution is 0.332. The number of benzene rings is 1. The minimum Gasteiger partial charge on any atom is -0.339 e. The highest BCUT2D eigenvalue weighted by atomic mass is 32.2. The number of hydrogen-bond acceptors (Lipinski definition) is 5. The summed E-state index contributed by atoms with van der Waals surface area (Å²) >= 11 is 1.71. The molecule has 0 radical (unpaired) electrons. The maximum absolute atomic E-state index is 5.81. The van der Waals surface area contributed by atoms with E-state index in [2.05, 4.69) is 55.2 Å². The second-order valence-corrected chi connectivity index (χ2v) is 6.76. The monoisotopic (exact) mass is 305 g/mol. The Kier molecular flexibility index (Phi) is 5.82. The smallest absolute Gasteiger partial charge is 0.231 e. The highest BCUT2D eigenvalue weighted by molar-refractivity contribution is 7.98. The van der Waals surface area contributed by atoms with Crippen molar-refractivity contribution >= 4 is 11.8 Å². The van der Waals surface area contributed by atoms with Crippen LogP contribution in [0.2, 0.25) is 0 Å². The van der Waals surface area contributed by atoms with Crippen molar-refractivity contribution < 1.29 is 4.52 Å². The van der Waals surface area contributed by atoms with Crippen molar-refractivity contribution in [2.24, 2.45) is 11.7 Å². The third kappa shape index (κ3) is 4.86. The second kappa shape index (κ2) is 7.61. The molecule has 1 unspecified atom stereocenters. The Balaban J connectivity index is 1.94. The van der Waals surface area contributed by atoms with Crippen LogP contribution in [-0.4, -0.2) is 16.7 Å². The lowest BCUT2D eigenvalue weighted by Gasteiger charge is -2.11. The Morgan fingerprint density at radius 2 is 1.95 bits per heavy atom. The first-order chi connectivity index (χ1) is 10.1. The normalized spacial score (nSPS) is 12.8. The molecule has 0 bridgehead atoms. The van der Waals surface area contributed by atoms with Gasteiger partial charge in [-0.1, -0.05) is 36.7 Å². The molecule has 2 aromatic rings. The summed E-state index contributed by atoms with van der Waals surface area (Å²) in [7, 11) is 0. The van der Waals surface area contributed by atoms with Gasteiger partial charge in [0.15, 0.2) is 5.82 Å². The van der Waals surface area contributed by atoms with E-state index in [0.29, 0.717) is 24.1 Å². The molecule has 5 heteroatoms. The number of rotatable bonds is 7. The number of thioether (sulfide) groups is 1. The van der Waals surface area contributed by atoms with Crippen LogP contribution in [0.5, 0.6) is 0 Å². The molecule has 0 aliphatic carbocycles. The zero-order valence-corrected chi connectivity index (χ0v) is 13.7. The highest BCUT2D eigenvalue weighted by Crippen LogP contribution is 2.24. The molecule has 1 heterocycles. The SMILES string of the molecule is Cc1ccc(SCc2noc(C(CN)CC(C)C)n2)cc1. The van der Waals surface area contributed by atoms with Gasteiger partial charge >= 0.3 is 0 Å². The first kappa shape index (κ1) is 16.0. The molecule has 114 valence electrons. The zero-order chi connectivity index (χ0) is 15.2. The molecule has 0 saturated carbocycles. The Labute approximate surface area is 130 Å². The van der Waals surface area contributed by atoms with E-state index in [4.69, 9.17) is 10.3 Å². The van der Waals surface area contributed by atoms with E-state index >= 15 is 0 Å². The fraction of sp³-hybridized carbons (Fsp3) is 0.500. The number of aromatic nitrogens is 2. The van der Waals surface area contributed by atoms with Gasteiger partial charge in [-0.3, -0.25) is 0 Å². The molecule has 2 N–H and O–H groups in total. The van der Waals surface area contributed by atoms with Gasteiger partial charge in [0.25, 0.3) is 0 Å². The Bertz CT molecular complexity index is 551. The van der Waals surface area contributed by atoms with E-state index in [9.17, 15) is 0 Å². The van der Waals surface area contributed by atoms with Crippen LogP contribution in [0.25, 0.3) is 0 Å². The fourth-order valence-corrected chi connectivity index (χ4v) is 2.88. The van der Waals surface area contributed by atoms with Gasteiger partial charge < -0.3 is 10.3 Å². The maximum atomic E-state index is 5.81. The van der Waals surface area contributed by atoms with Crippen molar-refractivity contribution in [2.45, 2.75) is 43.8 Å². The standard InChI is InChI=1S/C16H23N3OS/c1-11(2)8-13(9-17)16-18-15(19-20-16)10-21-14-6-4-12(3)5-7-14/h4-7,11,13H,8-10,17H2,1-3H3. The summed E-state index contributed by atoms with van der Waals surface area (Å²) in [4.78, 5) is 5.70. The molecule has 21 heavy (non-hydrogen) atoms. The van der Waals surface area contributed by atoms with E-state index in [0.717, 1.165) is 12.2 Å². The molecule has 1 aromatic heterocycles. The molecule has 1 aromatic carbocycles. The molecule has 0 spiro atoms. The van der Waals surface area contributed by atoms with Crippen LogP contribution in [-0.2, 0) is 5.75 Å². The number of nitrogens with two attached hydrogens (primary N) is 1. The summed E-state index contributed by atoms with van der Waals surface area (Å²) < 4.78 is 5.37. The second-order valence-electron chi connectivity index (χ2n) is 5.71. The van der Waals surface area contributed by atoms with Gasteiger partial charge in [-0.15, -0.1) is 11.8 Å². The average Bonchev–Trinajstić information content (AvgIpc) is 2.92. The van der Waals surface area contributed by atoms with Crippen molar-refractivity contribution in [3.63, 3.8) is 0 Å². The first-order valence-electron chi connectivity index (χ1n) is 7.30. The number of nitrogens with zero attached hydrogens (tertiary/aromatic N) is 2. The molecule has 0 aliphatic rings. The van der Waals surface area contributed by atoms with Crippen LogP contribution in [0.3, 0.4) is 0 Å². The molecular weight excluding hydrogens is 282 g/mol. The molecular formula is C16H23N3OS. The summed E-state index contributed by atoms with van der Waals surface area (Å²) in [5.74, 6) is 2.85. The third-order valence-electron chi connectivity index (χ3n) is 3.26. The summed E-state index contributed by atoms with van der Waals surface area (Å²) in [6.45, 7) is 6.98. The van der Waals surface area contributed by atoms with E-state index in [1.54, 1.807) is 11.8 Å². The number of hydrogen-bond donors (Lipinski definition) is 1. The van der Waals surface area contributed by atoms with E-state index in [-0.39, 0.29) is 5.92 Å². The van der Waals surface area contributed by atoms with E-state index in [1.165, 1.54) is 10.5 Å². The Morgan fingerprint density at radius 1 is 1.24 bits per heavy atom. The van der Waals surface area contributed by atoms with Crippen LogP contribution >= 0.6 is 11.8 Å². The minimum absolute atomic E-state index is 0.163. The minimum atomic E-state index is 0.163. The van der Waals surface area contributed by atoms with Crippen LogP contribution in [0.15, 0.2) is 33.7 Å². The van der Waals surface area contributed by atoms with Gasteiger partial charge in [0.05, 0.1) is 11.7 Å². The van der Waals surface area contributed by atoms with Crippen LogP contribution in [0.1, 0.15) is 43.5 Å². The topological polar surface area (TPSA) is 64.9 Å². The van der Waals surface area contributed by atoms with Gasteiger partial charge in [-0.25, -0.2) is 0 Å². The van der Waals surface area contributed by atoms with Gasteiger partial charge in [0, 0.05) is 11.4 Å².